The Bertz CT molecular complexity index is 136. The minimum Gasteiger partial charge on any atom is -0.103 e. The van der Waals surface area contributed by atoms with E-state index in [-0.39, 0.29) is 0 Å². The van der Waals surface area contributed by atoms with Crippen molar-refractivity contribution in [3.05, 3.63) is 0 Å². The fourth-order valence-electron chi connectivity index (χ4n) is 1.54. The standard InChI is InChI=1S/C10H16/c1-2-7-10-8-5-3-4-6-9-10/h10H,2-3,5,7-9H2,1H3. The van der Waals surface area contributed by atoms with Gasteiger partial charge in [0.1, 0.15) is 0 Å². The van der Waals surface area contributed by atoms with Crippen LogP contribution in [-0.2, 0) is 0 Å². The Morgan fingerprint density at radius 3 is 3.10 bits per heavy atom. The molecule has 1 aliphatic carbocycles. The maximum Gasteiger partial charge on any atom is 0.0117 e. The van der Waals surface area contributed by atoms with Crippen molar-refractivity contribution in [2.24, 2.45) is 5.92 Å². The van der Waals surface area contributed by atoms with Crippen molar-refractivity contribution < 1.29 is 0 Å². The summed E-state index contributed by atoms with van der Waals surface area (Å²) >= 11 is 0. The molecule has 0 heterocycles. The second-order valence-corrected chi connectivity index (χ2v) is 3.10. The van der Waals surface area contributed by atoms with E-state index >= 15 is 0 Å². The Kier molecular flexibility index (Phi) is 3.36. The zero-order valence-corrected chi connectivity index (χ0v) is 6.82. The molecule has 1 aliphatic rings. The molecule has 0 bridgehead atoms. The van der Waals surface area contributed by atoms with E-state index in [1.165, 1.54) is 25.7 Å². The normalized spacial score (nSPS) is 24.7. The predicted octanol–water partition coefficient (Wildman–Crippen LogP) is 2.98. The van der Waals surface area contributed by atoms with E-state index in [2.05, 4.69) is 18.8 Å². The van der Waals surface area contributed by atoms with Crippen molar-refractivity contribution in [1.29, 1.82) is 0 Å². The quantitative estimate of drug-likeness (QED) is 0.512. The van der Waals surface area contributed by atoms with Crippen LogP contribution in [-0.4, -0.2) is 0 Å². The van der Waals surface area contributed by atoms with Gasteiger partial charge in [-0.15, -0.1) is 11.8 Å². The van der Waals surface area contributed by atoms with Crippen LogP contribution in [0.1, 0.15) is 45.4 Å². The Hall–Kier alpha value is -0.440. The Morgan fingerprint density at radius 2 is 2.30 bits per heavy atom. The molecule has 0 saturated heterocycles. The molecule has 1 unspecified atom stereocenters. The van der Waals surface area contributed by atoms with Gasteiger partial charge in [-0.1, -0.05) is 13.3 Å². The maximum atomic E-state index is 3.23. The Labute approximate surface area is 64.0 Å². The molecule has 0 aliphatic heterocycles. The minimum atomic E-state index is 0.917. The Balaban J connectivity index is 2.26. The van der Waals surface area contributed by atoms with E-state index in [9.17, 15) is 0 Å². The second kappa shape index (κ2) is 4.39. The predicted molar refractivity (Wildman–Crippen MR) is 44.6 cm³/mol. The molecule has 0 aromatic carbocycles. The average molecular weight is 136 g/mol. The largest absolute Gasteiger partial charge is 0.103 e. The van der Waals surface area contributed by atoms with Gasteiger partial charge in [-0.2, -0.15) is 0 Å². The molecule has 0 aromatic rings. The SMILES string of the molecule is CCCC1CC#CCCC1. The third-order valence-corrected chi connectivity index (χ3v) is 2.13. The minimum absolute atomic E-state index is 0.917. The van der Waals surface area contributed by atoms with E-state index in [1.807, 2.05) is 0 Å². The van der Waals surface area contributed by atoms with Gasteiger partial charge in [-0.3, -0.25) is 0 Å². The first-order valence-corrected chi connectivity index (χ1v) is 4.39. The van der Waals surface area contributed by atoms with Crippen molar-refractivity contribution in [1.82, 2.24) is 0 Å². The van der Waals surface area contributed by atoms with Crippen molar-refractivity contribution in [3.63, 3.8) is 0 Å². The molecule has 0 N–H and O–H groups in total. The van der Waals surface area contributed by atoms with Gasteiger partial charge in [0, 0.05) is 12.8 Å². The lowest BCUT2D eigenvalue weighted by atomic mass is 9.96. The van der Waals surface area contributed by atoms with Crippen LogP contribution in [0.2, 0.25) is 0 Å². The molecule has 0 nitrogen and oxygen atoms in total. The molecule has 0 radical (unpaired) electrons. The monoisotopic (exact) mass is 136 g/mol. The van der Waals surface area contributed by atoms with Crippen LogP contribution in [0.3, 0.4) is 0 Å². The average Bonchev–Trinajstić information content (AvgIpc) is 2.17. The first-order chi connectivity index (χ1) is 4.93. The van der Waals surface area contributed by atoms with Crippen LogP contribution < -0.4 is 0 Å². The molecule has 1 atom stereocenters. The number of rotatable bonds is 2. The molecule has 10 heavy (non-hydrogen) atoms. The maximum absolute atomic E-state index is 3.23. The molecule has 0 saturated carbocycles. The molecule has 0 amide bonds. The Morgan fingerprint density at radius 1 is 1.40 bits per heavy atom. The molecule has 56 valence electrons. The van der Waals surface area contributed by atoms with Crippen LogP contribution in [0.15, 0.2) is 0 Å². The van der Waals surface area contributed by atoms with Gasteiger partial charge in [0.2, 0.25) is 0 Å². The highest BCUT2D eigenvalue weighted by molar-refractivity contribution is 5.02. The summed E-state index contributed by atoms with van der Waals surface area (Å²) in [5, 5.41) is 0. The third kappa shape index (κ3) is 2.43. The number of hydrogen-bond acceptors (Lipinski definition) is 0. The van der Waals surface area contributed by atoms with Crippen molar-refractivity contribution >= 4 is 0 Å². The fraction of sp³-hybridized carbons (Fsp3) is 0.800. The summed E-state index contributed by atoms with van der Waals surface area (Å²) in [5.41, 5.74) is 0. The lowest BCUT2D eigenvalue weighted by Crippen LogP contribution is -1.96. The van der Waals surface area contributed by atoms with Crippen molar-refractivity contribution in [3.8, 4) is 11.8 Å². The summed E-state index contributed by atoms with van der Waals surface area (Å²) in [4.78, 5) is 0. The molecule has 1 rings (SSSR count). The van der Waals surface area contributed by atoms with Gasteiger partial charge in [0.15, 0.2) is 0 Å². The third-order valence-electron chi connectivity index (χ3n) is 2.13. The summed E-state index contributed by atoms with van der Waals surface area (Å²) in [6.45, 7) is 2.26. The zero-order valence-electron chi connectivity index (χ0n) is 6.82. The molecule has 0 spiro atoms. The number of hydrogen-bond donors (Lipinski definition) is 0. The first kappa shape index (κ1) is 7.66. The van der Waals surface area contributed by atoms with Gasteiger partial charge >= 0.3 is 0 Å². The molecule has 0 heteroatoms. The summed E-state index contributed by atoms with van der Waals surface area (Å²) in [5.74, 6) is 7.33. The summed E-state index contributed by atoms with van der Waals surface area (Å²) in [6, 6.07) is 0. The highest BCUT2D eigenvalue weighted by atomic mass is 14.1. The van der Waals surface area contributed by atoms with Gasteiger partial charge < -0.3 is 0 Å². The van der Waals surface area contributed by atoms with Crippen LogP contribution in [0.25, 0.3) is 0 Å². The first-order valence-electron chi connectivity index (χ1n) is 4.39. The highest BCUT2D eigenvalue weighted by Crippen LogP contribution is 2.19. The van der Waals surface area contributed by atoms with E-state index < -0.39 is 0 Å². The topological polar surface area (TPSA) is 0 Å². The highest BCUT2D eigenvalue weighted by Gasteiger charge is 2.06. The van der Waals surface area contributed by atoms with Gasteiger partial charge in [0.25, 0.3) is 0 Å². The van der Waals surface area contributed by atoms with Crippen molar-refractivity contribution in [2.75, 3.05) is 0 Å². The second-order valence-electron chi connectivity index (χ2n) is 3.10. The molecule has 0 fully saturated rings. The summed E-state index contributed by atoms with van der Waals surface area (Å²) in [6.07, 6.45) is 7.74. The summed E-state index contributed by atoms with van der Waals surface area (Å²) in [7, 11) is 0. The lowest BCUT2D eigenvalue weighted by molar-refractivity contribution is 0.450. The van der Waals surface area contributed by atoms with Crippen molar-refractivity contribution in [2.45, 2.75) is 45.4 Å². The van der Waals surface area contributed by atoms with Crippen LogP contribution >= 0.6 is 0 Å². The van der Waals surface area contributed by atoms with E-state index in [4.69, 9.17) is 0 Å². The van der Waals surface area contributed by atoms with E-state index in [0.29, 0.717) is 0 Å². The molecule has 0 aromatic heterocycles. The van der Waals surface area contributed by atoms with Gasteiger partial charge in [0.05, 0.1) is 0 Å². The van der Waals surface area contributed by atoms with Crippen LogP contribution in [0, 0.1) is 17.8 Å². The zero-order chi connectivity index (χ0) is 7.23. The van der Waals surface area contributed by atoms with E-state index in [0.717, 1.165) is 18.8 Å². The van der Waals surface area contributed by atoms with E-state index in [1.54, 1.807) is 0 Å². The summed E-state index contributed by atoms with van der Waals surface area (Å²) < 4.78 is 0. The lowest BCUT2D eigenvalue weighted by Gasteiger charge is -2.09. The fourth-order valence-corrected chi connectivity index (χ4v) is 1.54. The van der Waals surface area contributed by atoms with Gasteiger partial charge in [-0.25, -0.2) is 0 Å². The van der Waals surface area contributed by atoms with Gasteiger partial charge in [-0.05, 0) is 25.2 Å². The molecular weight excluding hydrogens is 120 g/mol. The molecular formula is C10H16. The smallest absolute Gasteiger partial charge is 0.0117 e. The van der Waals surface area contributed by atoms with Crippen LogP contribution in [0.5, 0.6) is 0 Å². The van der Waals surface area contributed by atoms with Crippen LogP contribution in [0.4, 0.5) is 0 Å².